The molecular weight excluding hydrogens is 246 g/mol. The molecule has 0 amide bonds. The molecule has 1 aromatic rings. The fourth-order valence-corrected chi connectivity index (χ4v) is 2.14. The molecule has 1 fully saturated rings. The van der Waals surface area contributed by atoms with Crippen molar-refractivity contribution in [1.82, 2.24) is 5.32 Å². The molecule has 1 atom stereocenters. The summed E-state index contributed by atoms with van der Waals surface area (Å²) >= 11 is 6.00. The Morgan fingerprint density at radius 1 is 1.47 bits per heavy atom. The summed E-state index contributed by atoms with van der Waals surface area (Å²) in [7, 11) is 0. The van der Waals surface area contributed by atoms with Crippen molar-refractivity contribution in [2.75, 3.05) is 18.4 Å². The predicted molar refractivity (Wildman–Crippen MR) is 65.9 cm³/mol. The molecule has 2 rings (SSSR count). The highest BCUT2D eigenvalue weighted by Crippen LogP contribution is 2.32. The number of hydrogen-bond acceptors (Lipinski definition) is 2. The molecule has 0 saturated carbocycles. The maximum atomic E-state index is 13.1. The van der Waals surface area contributed by atoms with Crippen LogP contribution in [0.15, 0.2) is 18.2 Å². The Bertz CT molecular complexity index is 398. The molecule has 0 aromatic heterocycles. The van der Waals surface area contributed by atoms with Gasteiger partial charge in [0.15, 0.2) is 0 Å². The van der Waals surface area contributed by atoms with Crippen molar-refractivity contribution >= 4 is 17.3 Å². The monoisotopic (exact) mass is 260 g/mol. The van der Waals surface area contributed by atoms with Crippen molar-refractivity contribution in [3.63, 3.8) is 0 Å². The molecule has 0 aliphatic carbocycles. The van der Waals surface area contributed by atoms with Crippen molar-refractivity contribution in [1.29, 1.82) is 0 Å². The largest absolute Gasteiger partial charge is 0.380 e. The molecule has 5 heteroatoms. The Kier molecular flexibility index (Phi) is 3.54. The summed E-state index contributed by atoms with van der Waals surface area (Å²) in [6.07, 6.45) is 1.02. The maximum absolute atomic E-state index is 13.1. The second kappa shape index (κ2) is 4.78. The molecule has 1 unspecified atom stereocenters. The van der Waals surface area contributed by atoms with Crippen LogP contribution >= 0.6 is 11.6 Å². The number of rotatable bonds is 3. The zero-order chi connectivity index (χ0) is 12.5. The minimum Gasteiger partial charge on any atom is -0.380 e. The van der Waals surface area contributed by atoms with E-state index < -0.39 is 5.92 Å². The lowest BCUT2D eigenvalue weighted by molar-refractivity contribution is 0.0175. The molecule has 0 bridgehead atoms. The quantitative estimate of drug-likeness (QED) is 0.872. The van der Waals surface area contributed by atoms with Crippen LogP contribution in [0.3, 0.4) is 0 Å². The molecule has 94 valence electrons. The van der Waals surface area contributed by atoms with Gasteiger partial charge < -0.3 is 10.6 Å². The van der Waals surface area contributed by atoms with Gasteiger partial charge in [-0.2, -0.15) is 0 Å². The second-order valence-corrected chi connectivity index (χ2v) is 4.82. The van der Waals surface area contributed by atoms with Crippen LogP contribution in [0, 0.1) is 0 Å². The zero-order valence-corrected chi connectivity index (χ0v) is 10.3. The fourth-order valence-electron chi connectivity index (χ4n) is 1.90. The minimum atomic E-state index is -2.85. The number of hydrogen-bond donors (Lipinski definition) is 2. The first-order chi connectivity index (χ1) is 7.97. The molecule has 1 aliphatic heterocycles. The summed E-state index contributed by atoms with van der Waals surface area (Å²) in [5.74, 6) is -2.85. The summed E-state index contributed by atoms with van der Waals surface area (Å²) in [5.41, 5.74) is 0.658. The van der Waals surface area contributed by atoms with Gasteiger partial charge in [0.1, 0.15) is 0 Å². The van der Waals surface area contributed by atoms with Gasteiger partial charge in [-0.05, 0) is 25.1 Å². The predicted octanol–water partition coefficient (Wildman–Crippen LogP) is 3.23. The molecule has 0 radical (unpaired) electrons. The van der Waals surface area contributed by atoms with E-state index in [9.17, 15) is 8.78 Å². The fraction of sp³-hybridized carbons (Fsp3) is 0.500. The van der Waals surface area contributed by atoms with Gasteiger partial charge in [0, 0.05) is 25.1 Å². The van der Waals surface area contributed by atoms with Crippen molar-refractivity contribution in [3.8, 4) is 0 Å². The third-order valence-corrected chi connectivity index (χ3v) is 3.21. The van der Waals surface area contributed by atoms with Crippen LogP contribution in [-0.4, -0.2) is 19.1 Å². The molecule has 2 nitrogen and oxygen atoms in total. The van der Waals surface area contributed by atoms with Crippen LogP contribution in [0.5, 0.6) is 0 Å². The number of benzene rings is 1. The van der Waals surface area contributed by atoms with Crippen molar-refractivity contribution in [2.24, 2.45) is 0 Å². The average molecular weight is 261 g/mol. The highest BCUT2D eigenvalue weighted by atomic mass is 35.5. The van der Waals surface area contributed by atoms with Gasteiger partial charge in [-0.25, -0.2) is 8.78 Å². The number of anilines is 1. The zero-order valence-electron chi connectivity index (χ0n) is 9.56. The Morgan fingerprint density at radius 3 is 2.76 bits per heavy atom. The third-order valence-electron chi connectivity index (χ3n) is 2.90. The molecule has 1 saturated heterocycles. The van der Waals surface area contributed by atoms with Gasteiger partial charge in [0.05, 0.1) is 10.7 Å². The van der Waals surface area contributed by atoms with E-state index in [1.807, 2.05) is 0 Å². The van der Waals surface area contributed by atoms with Crippen molar-refractivity contribution in [3.05, 3.63) is 28.8 Å². The van der Waals surface area contributed by atoms with Gasteiger partial charge in [-0.15, -0.1) is 0 Å². The van der Waals surface area contributed by atoms with Gasteiger partial charge in [-0.1, -0.05) is 17.7 Å². The highest BCUT2D eigenvalue weighted by Gasteiger charge is 2.25. The lowest BCUT2D eigenvalue weighted by atomic mass is 10.1. The van der Waals surface area contributed by atoms with Crippen LogP contribution < -0.4 is 10.6 Å². The normalized spacial score (nSPS) is 20.6. The van der Waals surface area contributed by atoms with Crippen LogP contribution in [0.25, 0.3) is 0 Å². The van der Waals surface area contributed by atoms with E-state index in [0.717, 1.165) is 26.4 Å². The van der Waals surface area contributed by atoms with Crippen LogP contribution in [0.2, 0.25) is 5.02 Å². The Morgan fingerprint density at radius 2 is 2.24 bits per heavy atom. The summed E-state index contributed by atoms with van der Waals surface area (Å²) in [6, 6.07) is 4.68. The average Bonchev–Trinajstić information content (AvgIpc) is 2.72. The van der Waals surface area contributed by atoms with E-state index in [1.165, 1.54) is 12.1 Å². The lowest BCUT2D eigenvalue weighted by Crippen LogP contribution is -2.22. The van der Waals surface area contributed by atoms with Gasteiger partial charge >= 0.3 is 0 Å². The van der Waals surface area contributed by atoms with E-state index in [1.54, 1.807) is 6.07 Å². The number of halogens is 3. The standard InChI is InChI=1S/C12H15ClF2N2/c1-12(14,15)8-2-3-11(10(13)6-8)17-9-4-5-16-7-9/h2-3,6,9,16-17H,4-5,7H2,1H3. The first kappa shape index (κ1) is 12.6. The van der Waals surface area contributed by atoms with E-state index in [0.29, 0.717) is 16.8 Å². The van der Waals surface area contributed by atoms with E-state index in [2.05, 4.69) is 10.6 Å². The van der Waals surface area contributed by atoms with Crippen molar-refractivity contribution in [2.45, 2.75) is 25.3 Å². The van der Waals surface area contributed by atoms with Crippen LogP contribution in [-0.2, 0) is 5.92 Å². The maximum Gasteiger partial charge on any atom is 0.270 e. The summed E-state index contributed by atoms with van der Waals surface area (Å²) < 4.78 is 26.2. The van der Waals surface area contributed by atoms with Gasteiger partial charge in [-0.3, -0.25) is 0 Å². The smallest absolute Gasteiger partial charge is 0.270 e. The molecule has 1 heterocycles. The van der Waals surface area contributed by atoms with Crippen LogP contribution in [0.1, 0.15) is 18.9 Å². The Labute approximate surface area is 104 Å². The SMILES string of the molecule is CC(F)(F)c1ccc(NC2CCNC2)c(Cl)c1. The molecule has 17 heavy (non-hydrogen) atoms. The second-order valence-electron chi connectivity index (χ2n) is 4.42. The van der Waals surface area contributed by atoms with Gasteiger partial charge in [0.2, 0.25) is 0 Å². The first-order valence-corrected chi connectivity index (χ1v) is 6.00. The number of nitrogens with one attached hydrogen (secondary N) is 2. The van der Waals surface area contributed by atoms with E-state index in [4.69, 9.17) is 11.6 Å². The van der Waals surface area contributed by atoms with Crippen molar-refractivity contribution < 1.29 is 8.78 Å². The molecular formula is C12H15ClF2N2. The molecule has 0 spiro atoms. The summed E-state index contributed by atoms with van der Waals surface area (Å²) in [4.78, 5) is 0. The highest BCUT2D eigenvalue weighted by molar-refractivity contribution is 6.33. The van der Waals surface area contributed by atoms with E-state index >= 15 is 0 Å². The van der Waals surface area contributed by atoms with Crippen LogP contribution in [0.4, 0.5) is 14.5 Å². The molecule has 1 aromatic carbocycles. The Hall–Kier alpha value is -0.870. The molecule has 2 N–H and O–H groups in total. The minimum absolute atomic E-state index is 0.0578. The summed E-state index contributed by atoms with van der Waals surface area (Å²) in [5, 5.41) is 6.81. The lowest BCUT2D eigenvalue weighted by Gasteiger charge is -2.16. The number of alkyl halides is 2. The third kappa shape index (κ3) is 3.07. The first-order valence-electron chi connectivity index (χ1n) is 5.62. The van der Waals surface area contributed by atoms with Gasteiger partial charge in [0.25, 0.3) is 5.92 Å². The topological polar surface area (TPSA) is 24.1 Å². The molecule has 1 aliphatic rings. The Balaban J connectivity index is 2.14. The van der Waals surface area contributed by atoms with E-state index in [-0.39, 0.29) is 5.56 Å². The summed E-state index contributed by atoms with van der Waals surface area (Å²) in [6.45, 7) is 2.72.